The van der Waals surface area contributed by atoms with Crippen molar-refractivity contribution in [2.45, 2.75) is 51.0 Å². The predicted octanol–water partition coefficient (Wildman–Crippen LogP) is 5.13. The highest BCUT2D eigenvalue weighted by Crippen LogP contribution is 2.35. The summed E-state index contributed by atoms with van der Waals surface area (Å²) in [6, 6.07) is 17.7. The molecule has 0 bridgehead atoms. The van der Waals surface area contributed by atoms with Crippen LogP contribution in [0.4, 0.5) is 0 Å². The van der Waals surface area contributed by atoms with E-state index in [0.29, 0.717) is 12.7 Å². The number of hydrogen-bond acceptors (Lipinski definition) is 2. The molecule has 2 heteroatoms. The van der Waals surface area contributed by atoms with E-state index in [1.165, 1.54) is 42.4 Å². The molecule has 2 nitrogen and oxygen atoms in total. The molecule has 1 heterocycles. The fourth-order valence-corrected chi connectivity index (χ4v) is 3.35. The molecule has 0 aromatic heterocycles. The minimum atomic E-state index is -0.00679. The van der Waals surface area contributed by atoms with Gasteiger partial charge >= 0.3 is 0 Å². The van der Waals surface area contributed by atoms with E-state index in [0.717, 1.165) is 18.3 Å². The van der Waals surface area contributed by atoms with E-state index < -0.39 is 0 Å². The smallest absolute Gasteiger partial charge is 0.119 e. The van der Waals surface area contributed by atoms with Gasteiger partial charge in [0.2, 0.25) is 0 Å². The van der Waals surface area contributed by atoms with Crippen LogP contribution in [-0.4, -0.2) is 19.3 Å². The maximum absolute atomic E-state index is 5.75. The Morgan fingerprint density at radius 2 is 1.56 bits per heavy atom. The lowest BCUT2D eigenvalue weighted by Crippen LogP contribution is -2.18. The quantitative estimate of drug-likeness (QED) is 0.623. The van der Waals surface area contributed by atoms with Gasteiger partial charge in [-0.3, -0.25) is 0 Å². The van der Waals surface area contributed by atoms with Gasteiger partial charge in [0.1, 0.15) is 18.5 Å². The fraction of sp³-hybridized carbons (Fsp3) is 0.478. The van der Waals surface area contributed by atoms with Crippen molar-refractivity contribution in [1.82, 2.24) is 0 Å². The molecule has 1 atom stereocenters. The number of ether oxygens (including phenoxy) is 2. The maximum Gasteiger partial charge on any atom is 0.119 e. The molecule has 1 unspecified atom stereocenters. The van der Waals surface area contributed by atoms with Crippen LogP contribution in [0, 0.1) is 5.92 Å². The van der Waals surface area contributed by atoms with Gasteiger partial charge in [-0.05, 0) is 47.6 Å². The molecular formula is C23H28O2. The molecule has 0 radical (unpaired) electrons. The normalized spacial score (nSPS) is 19.7. The maximum atomic E-state index is 5.75. The molecule has 2 aromatic carbocycles. The summed E-state index contributed by atoms with van der Waals surface area (Å²) in [4.78, 5) is 0. The first-order valence-electron chi connectivity index (χ1n) is 9.55. The summed E-state index contributed by atoms with van der Waals surface area (Å²) in [5.41, 5.74) is 4.14. The van der Waals surface area contributed by atoms with Gasteiger partial charge in [-0.25, -0.2) is 0 Å². The van der Waals surface area contributed by atoms with Crippen LogP contribution < -0.4 is 4.74 Å². The van der Waals surface area contributed by atoms with E-state index in [1.807, 2.05) is 0 Å². The highest BCUT2D eigenvalue weighted by molar-refractivity contribution is 5.40. The Morgan fingerprint density at radius 3 is 2.12 bits per heavy atom. The Bertz CT molecular complexity index is 630. The van der Waals surface area contributed by atoms with Crippen molar-refractivity contribution in [3.05, 3.63) is 65.2 Å². The molecule has 0 spiro atoms. The Labute approximate surface area is 151 Å². The zero-order valence-corrected chi connectivity index (χ0v) is 15.3. The van der Waals surface area contributed by atoms with E-state index in [2.05, 4.69) is 62.4 Å². The van der Waals surface area contributed by atoms with Gasteiger partial charge in [-0.1, -0.05) is 63.1 Å². The molecule has 25 heavy (non-hydrogen) atoms. The molecule has 132 valence electrons. The van der Waals surface area contributed by atoms with Gasteiger partial charge in [-0.2, -0.15) is 0 Å². The molecule has 1 saturated carbocycles. The lowest BCUT2D eigenvalue weighted by Gasteiger charge is -2.26. The largest absolute Gasteiger partial charge is 0.491 e. The van der Waals surface area contributed by atoms with Crippen LogP contribution in [0.1, 0.15) is 49.8 Å². The number of rotatable bonds is 8. The topological polar surface area (TPSA) is 21.8 Å². The predicted molar refractivity (Wildman–Crippen MR) is 101 cm³/mol. The molecule has 0 amide bonds. The third kappa shape index (κ3) is 4.24. The monoisotopic (exact) mass is 336 g/mol. The zero-order chi connectivity index (χ0) is 17.3. The average molecular weight is 336 g/mol. The van der Waals surface area contributed by atoms with E-state index in [4.69, 9.17) is 9.47 Å². The summed E-state index contributed by atoms with van der Waals surface area (Å²) in [7, 11) is 0. The second-order valence-electron chi connectivity index (χ2n) is 8.09. The number of aryl methyl sites for hydroxylation is 1. The van der Waals surface area contributed by atoms with Crippen LogP contribution in [0.5, 0.6) is 5.75 Å². The van der Waals surface area contributed by atoms with Crippen molar-refractivity contribution in [3.63, 3.8) is 0 Å². The van der Waals surface area contributed by atoms with E-state index >= 15 is 0 Å². The highest BCUT2D eigenvalue weighted by Gasteiger charge is 2.25. The minimum absolute atomic E-state index is 0.00679. The Morgan fingerprint density at radius 1 is 0.960 bits per heavy atom. The van der Waals surface area contributed by atoms with Crippen LogP contribution in [0.15, 0.2) is 48.5 Å². The summed E-state index contributed by atoms with van der Waals surface area (Å²) in [5, 5.41) is 0. The Hall–Kier alpha value is -1.80. The van der Waals surface area contributed by atoms with Crippen molar-refractivity contribution in [3.8, 4) is 5.75 Å². The molecule has 2 fully saturated rings. The average Bonchev–Trinajstić information content (AvgIpc) is 3.54. The molecule has 1 aliphatic heterocycles. The fourth-order valence-electron chi connectivity index (χ4n) is 3.35. The third-order valence-corrected chi connectivity index (χ3v) is 5.63. The Balaban J connectivity index is 1.41. The van der Waals surface area contributed by atoms with E-state index in [9.17, 15) is 0 Å². The van der Waals surface area contributed by atoms with Gasteiger partial charge in [0.05, 0.1) is 6.61 Å². The number of benzene rings is 2. The van der Waals surface area contributed by atoms with Crippen molar-refractivity contribution < 1.29 is 9.47 Å². The first-order valence-corrected chi connectivity index (χ1v) is 9.55. The highest BCUT2D eigenvalue weighted by atomic mass is 16.6. The molecule has 0 N–H and O–H groups in total. The van der Waals surface area contributed by atoms with Crippen molar-refractivity contribution in [2.75, 3.05) is 13.2 Å². The lowest BCUT2D eigenvalue weighted by molar-refractivity contribution is 0.263. The van der Waals surface area contributed by atoms with E-state index in [1.54, 1.807) is 0 Å². The second-order valence-corrected chi connectivity index (χ2v) is 8.09. The van der Waals surface area contributed by atoms with Gasteiger partial charge < -0.3 is 9.47 Å². The molecular weight excluding hydrogens is 308 g/mol. The van der Waals surface area contributed by atoms with Crippen LogP contribution in [-0.2, 0) is 16.6 Å². The van der Waals surface area contributed by atoms with Crippen molar-refractivity contribution >= 4 is 0 Å². The summed E-state index contributed by atoms with van der Waals surface area (Å²) in [6.45, 7) is 6.08. The summed E-state index contributed by atoms with van der Waals surface area (Å²) < 4.78 is 10.9. The summed E-state index contributed by atoms with van der Waals surface area (Å²) >= 11 is 0. The first-order chi connectivity index (χ1) is 12.1. The van der Waals surface area contributed by atoms with Crippen LogP contribution in [0.25, 0.3) is 0 Å². The molecule has 1 saturated heterocycles. The van der Waals surface area contributed by atoms with Gasteiger partial charge in [-0.15, -0.1) is 0 Å². The van der Waals surface area contributed by atoms with Crippen molar-refractivity contribution in [1.29, 1.82) is 0 Å². The Kier molecular flexibility index (Phi) is 4.56. The lowest BCUT2D eigenvalue weighted by atomic mass is 9.78. The molecule has 1 aliphatic carbocycles. The second kappa shape index (κ2) is 6.84. The van der Waals surface area contributed by atoms with Crippen LogP contribution in [0.3, 0.4) is 0 Å². The van der Waals surface area contributed by atoms with Crippen LogP contribution in [0.2, 0.25) is 0 Å². The van der Waals surface area contributed by atoms with Crippen LogP contribution >= 0.6 is 0 Å². The molecule has 2 aromatic rings. The van der Waals surface area contributed by atoms with Gasteiger partial charge in [0, 0.05) is 5.41 Å². The molecule has 2 aliphatic rings. The SMILES string of the molecule is CC(C)(c1ccc(CCC2CC2)cc1)c1ccc(OCC2CO2)cc1. The third-order valence-electron chi connectivity index (χ3n) is 5.63. The zero-order valence-electron chi connectivity index (χ0n) is 15.3. The molecule has 4 rings (SSSR count). The standard InChI is InChI=1S/C23H28O2/c1-23(2,19-9-7-18(8-10-19)6-5-17-3-4-17)20-11-13-21(14-12-20)24-15-22-16-25-22/h7-14,17,22H,3-6,15-16H2,1-2H3. The van der Waals surface area contributed by atoms with Crippen molar-refractivity contribution in [2.24, 2.45) is 5.92 Å². The number of epoxide rings is 1. The summed E-state index contributed by atoms with van der Waals surface area (Å²) in [5.74, 6) is 1.92. The summed E-state index contributed by atoms with van der Waals surface area (Å²) in [6.07, 6.45) is 5.77. The minimum Gasteiger partial charge on any atom is -0.491 e. The van der Waals surface area contributed by atoms with E-state index in [-0.39, 0.29) is 5.41 Å². The number of hydrogen-bond donors (Lipinski definition) is 0. The first kappa shape index (κ1) is 16.7. The van der Waals surface area contributed by atoms with Gasteiger partial charge in [0.15, 0.2) is 0 Å². The van der Waals surface area contributed by atoms with Gasteiger partial charge in [0.25, 0.3) is 0 Å².